The van der Waals surface area contributed by atoms with E-state index in [1.807, 2.05) is 19.9 Å². The molecule has 1 atom stereocenters. The lowest BCUT2D eigenvalue weighted by Crippen LogP contribution is -2.32. The summed E-state index contributed by atoms with van der Waals surface area (Å²) in [5.41, 5.74) is 2.43. The molecule has 39 heavy (non-hydrogen) atoms. The van der Waals surface area contributed by atoms with Crippen LogP contribution in [-0.4, -0.2) is 26.3 Å². The van der Waals surface area contributed by atoms with E-state index in [1.165, 1.54) is 4.31 Å². The zero-order chi connectivity index (χ0) is 27.8. The number of nitrogens with one attached hydrogen (secondary N) is 2. The molecule has 0 saturated heterocycles. The van der Waals surface area contributed by atoms with Gasteiger partial charge in [-0.05, 0) is 67.4 Å². The maximum atomic E-state index is 13.5. The van der Waals surface area contributed by atoms with E-state index in [9.17, 15) is 18.0 Å². The van der Waals surface area contributed by atoms with Crippen LogP contribution in [0.15, 0.2) is 114 Å². The molecule has 2 amide bonds. The third-order valence-corrected chi connectivity index (χ3v) is 8.12. The molecule has 4 aromatic rings. The lowest BCUT2D eigenvalue weighted by molar-refractivity contribution is 0.0940. The summed E-state index contributed by atoms with van der Waals surface area (Å²) in [7, 11) is -3.83. The molecular weight excluding hydrogens is 510 g/mol. The molecule has 0 aliphatic rings. The largest absolute Gasteiger partial charge is 0.350 e. The molecule has 2 N–H and O–H groups in total. The fraction of sp³-hybridized carbons (Fsp3) is 0.161. The summed E-state index contributed by atoms with van der Waals surface area (Å²) in [6, 6.07) is 30.8. The van der Waals surface area contributed by atoms with Crippen LogP contribution in [0.4, 0.5) is 11.4 Å². The van der Waals surface area contributed by atoms with Gasteiger partial charge in [0.1, 0.15) is 0 Å². The Morgan fingerprint density at radius 1 is 0.769 bits per heavy atom. The third-order valence-electron chi connectivity index (χ3n) is 6.33. The number of amides is 2. The average molecular weight is 542 g/mol. The molecule has 7 nitrogen and oxygen atoms in total. The number of hydrogen-bond acceptors (Lipinski definition) is 4. The van der Waals surface area contributed by atoms with Crippen molar-refractivity contribution in [2.45, 2.75) is 37.8 Å². The van der Waals surface area contributed by atoms with E-state index in [1.54, 1.807) is 103 Å². The number of benzene rings is 4. The Kier molecular flexibility index (Phi) is 8.78. The van der Waals surface area contributed by atoms with E-state index in [-0.39, 0.29) is 29.3 Å². The summed E-state index contributed by atoms with van der Waals surface area (Å²) >= 11 is 0. The van der Waals surface area contributed by atoms with Crippen LogP contribution >= 0.6 is 0 Å². The number of rotatable bonds is 10. The number of para-hydroxylation sites is 2. The Bertz CT molecular complexity index is 1520. The van der Waals surface area contributed by atoms with Gasteiger partial charge in [0.2, 0.25) is 0 Å². The first kappa shape index (κ1) is 27.6. The van der Waals surface area contributed by atoms with Crippen LogP contribution in [0.1, 0.15) is 46.5 Å². The molecule has 0 fully saturated rings. The van der Waals surface area contributed by atoms with Gasteiger partial charge in [0.25, 0.3) is 21.8 Å². The number of sulfonamides is 1. The first-order chi connectivity index (χ1) is 18.8. The minimum absolute atomic E-state index is 0.00922. The molecule has 0 heterocycles. The summed E-state index contributed by atoms with van der Waals surface area (Å²) in [5, 5.41) is 5.74. The van der Waals surface area contributed by atoms with Gasteiger partial charge in [-0.1, -0.05) is 67.6 Å². The van der Waals surface area contributed by atoms with Crippen molar-refractivity contribution in [3.8, 4) is 0 Å². The molecule has 8 heteroatoms. The Hall–Kier alpha value is -4.43. The highest BCUT2D eigenvalue weighted by Gasteiger charge is 2.25. The lowest BCUT2D eigenvalue weighted by atomic mass is 10.1. The molecule has 0 aliphatic carbocycles. The van der Waals surface area contributed by atoms with Crippen molar-refractivity contribution >= 4 is 33.2 Å². The SMILES string of the molecule is CC[C@@H](C)NC(=O)c1ccccc1NC(=O)c1ccc(CN(c2ccccc2)S(=O)(=O)c2ccccc2)cc1. The van der Waals surface area contributed by atoms with Gasteiger partial charge in [0.15, 0.2) is 0 Å². The first-order valence-electron chi connectivity index (χ1n) is 12.7. The van der Waals surface area contributed by atoms with Crippen LogP contribution in [0.2, 0.25) is 0 Å². The zero-order valence-electron chi connectivity index (χ0n) is 21.9. The van der Waals surface area contributed by atoms with E-state index >= 15 is 0 Å². The Morgan fingerprint density at radius 3 is 2.00 bits per heavy atom. The van der Waals surface area contributed by atoms with E-state index in [4.69, 9.17) is 0 Å². The van der Waals surface area contributed by atoms with Gasteiger partial charge in [-0.3, -0.25) is 13.9 Å². The van der Waals surface area contributed by atoms with Crippen LogP contribution in [0.25, 0.3) is 0 Å². The first-order valence-corrected chi connectivity index (χ1v) is 14.2. The van der Waals surface area contributed by atoms with Gasteiger partial charge in [0, 0.05) is 11.6 Å². The number of carbonyl (C=O) groups excluding carboxylic acids is 2. The minimum atomic E-state index is -3.83. The number of carbonyl (C=O) groups is 2. The van der Waals surface area contributed by atoms with Crippen LogP contribution < -0.4 is 14.9 Å². The molecule has 0 radical (unpaired) electrons. The standard InChI is InChI=1S/C31H31N3O4S/c1-3-23(2)32-31(36)28-16-10-11-17-29(28)33-30(35)25-20-18-24(19-21-25)22-34(26-12-6-4-7-13-26)39(37,38)27-14-8-5-9-15-27/h4-21,23H,3,22H2,1-2H3,(H,32,36)(H,33,35)/t23-/m1/s1. The predicted molar refractivity (Wildman–Crippen MR) is 154 cm³/mol. The van der Waals surface area contributed by atoms with Gasteiger partial charge in [-0.25, -0.2) is 8.42 Å². The maximum Gasteiger partial charge on any atom is 0.264 e. The molecule has 4 aromatic carbocycles. The summed E-state index contributed by atoms with van der Waals surface area (Å²) in [6.45, 7) is 3.99. The van der Waals surface area contributed by atoms with Gasteiger partial charge in [-0.2, -0.15) is 0 Å². The van der Waals surface area contributed by atoms with Crippen molar-refractivity contribution in [2.24, 2.45) is 0 Å². The molecule has 0 unspecified atom stereocenters. The molecule has 4 rings (SSSR count). The van der Waals surface area contributed by atoms with Crippen LogP contribution in [0, 0.1) is 0 Å². The Labute approximate surface area is 229 Å². The molecule has 0 bridgehead atoms. The lowest BCUT2D eigenvalue weighted by Gasteiger charge is -2.25. The molecular formula is C31H31N3O4S. The quantitative estimate of drug-likeness (QED) is 0.263. The second-order valence-electron chi connectivity index (χ2n) is 9.14. The maximum absolute atomic E-state index is 13.5. The third kappa shape index (κ3) is 6.72. The summed E-state index contributed by atoms with van der Waals surface area (Å²) in [4.78, 5) is 25.9. The smallest absolute Gasteiger partial charge is 0.264 e. The van der Waals surface area contributed by atoms with Crippen molar-refractivity contribution in [2.75, 3.05) is 9.62 Å². The van der Waals surface area contributed by atoms with Gasteiger partial charge >= 0.3 is 0 Å². The molecule has 200 valence electrons. The number of hydrogen-bond donors (Lipinski definition) is 2. The topological polar surface area (TPSA) is 95.6 Å². The van der Waals surface area contributed by atoms with Crippen molar-refractivity contribution in [3.05, 3.63) is 126 Å². The van der Waals surface area contributed by atoms with E-state index in [0.717, 1.165) is 6.42 Å². The van der Waals surface area contributed by atoms with E-state index in [2.05, 4.69) is 10.6 Å². The van der Waals surface area contributed by atoms with Crippen molar-refractivity contribution < 1.29 is 18.0 Å². The second kappa shape index (κ2) is 12.4. The number of anilines is 2. The van der Waals surface area contributed by atoms with Gasteiger partial charge < -0.3 is 10.6 Å². The fourth-order valence-electron chi connectivity index (χ4n) is 3.94. The van der Waals surface area contributed by atoms with E-state index < -0.39 is 10.0 Å². The highest BCUT2D eigenvalue weighted by molar-refractivity contribution is 7.92. The average Bonchev–Trinajstić information content (AvgIpc) is 2.97. The van der Waals surface area contributed by atoms with Crippen LogP contribution in [0.5, 0.6) is 0 Å². The Balaban J connectivity index is 1.54. The van der Waals surface area contributed by atoms with Crippen molar-refractivity contribution in [1.29, 1.82) is 0 Å². The molecule has 0 aliphatic heterocycles. The predicted octanol–water partition coefficient (Wildman–Crippen LogP) is 5.86. The Morgan fingerprint density at radius 2 is 1.36 bits per heavy atom. The van der Waals surface area contributed by atoms with E-state index in [0.29, 0.717) is 28.1 Å². The molecule has 0 saturated carbocycles. The van der Waals surface area contributed by atoms with Gasteiger partial charge in [-0.15, -0.1) is 0 Å². The normalized spacial score (nSPS) is 11.8. The molecule has 0 aromatic heterocycles. The van der Waals surface area contributed by atoms with Crippen LogP contribution in [0.3, 0.4) is 0 Å². The fourth-order valence-corrected chi connectivity index (χ4v) is 5.42. The zero-order valence-corrected chi connectivity index (χ0v) is 22.7. The monoisotopic (exact) mass is 541 g/mol. The summed E-state index contributed by atoms with van der Waals surface area (Å²) < 4.78 is 28.4. The highest BCUT2D eigenvalue weighted by Crippen LogP contribution is 2.26. The second-order valence-corrected chi connectivity index (χ2v) is 11.0. The van der Waals surface area contributed by atoms with Crippen molar-refractivity contribution in [1.82, 2.24) is 5.32 Å². The molecule has 0 spiro atoms. The minimum Gasteiger partial charge on any atom is -0.350 e. The highest BCUT2D eigenvalue weighted by atomic mass is 32.2. The van der Waals surface area contributed by atoms with Crippen LogP contribution in [-0.2, 0) is 16.6 Å². The number of nitrogens with zero attached hydrogens (tertiary/aromatic N) is 1. The summed E-state index contributed by atoms with van der Waals surface area (Å²) in [6.07, 6.45) is 0.793. The van der Waals surface area contributed by atoms with Gasteiger partial charge in [0.05, 0.1) is 28.4 Å². The van der Waals surface area contributed by atoms with Crippen molar-refractivity contribution in [3.63, 3.8) is 0 Å². The summed E-state index contributed by atoms with van der Waals surface area (Å²) in [5.74, 6) is -0.626.